The Kier molecular flexibility index (Phi) is 4.17. The number of aromatic nitrogens is 4. The van der Waals surface area contributed by atoms with Crippen molar-refractivity contribution >= 4 is 11.5 Å². The minimum Gasteiger partial charge on any atom is -0.383 e. The summed E-state index contributed by atoms with van der Waals surface area (Å²) >= 11 is 0. The molecule has 116 valence electrons. The molecule has 23 heavy (non-hydrogen) atoms. The smallest absolute Gasteiger partial charge is 0.180 e. The second-order valence-corrected chi connectivity index (χ2v) is 5.17. The first kappa shape index (κ1) is 14.9. The number of imidazole rings is 1. The number of methoxy groups -OCH3 is 1. The van der Waals surface area contributed by atoms with Crippen molar-refractivity contribution in [3.05, 3.63) is 42.4 Å². The third kappa shape index (κ3) is 3.12. The Balaban J connectivity index is 1.97. The van der Waals surface area contributed by atoms with Crippen molar-refractivity contribution in [2.24, 2.45) is 0 Å². The average Bonchev–Trinajstić information content (AvgIpc) is 2.98. The summed E-state index contributed by atoms with van der Waals surface area (Å²) in [7, 11) is 1.66. The van der Waals surface area contributed by atoms with E-state index >= 15 is 0 Å². The van der Waals surface area contributed by atoms with Crippen LogP contribution in [0.25, 0.3) is 17.2 Å². The van der Waals surface area contributed by atoms with Crippen LogP contribution in [-0.2, 0) is 4.74 Å². The minimum atomic E-state index is 0.134. The van der Waals surface area contributed by atoms with Gasteiger partial charge in [0.25, 0.3) is 0 Å². The first-order chi connectivity index (χ1) is 11.2. The van der Waals surface area contributed by atoms with E-state index in [0.29, 0.717) is 23.8 Å². The standard InChI is InChI=1S/C16H16N6O/c1-11(10-23-2)20-14-5-6-18-16(21-14)13-8-19-15-4-3-12(7-17)9-22(13)15/h3-6,8-9,11H,10H2,1-2H3,(H,18,20,21)/t11-/m0/s1. The minimum absolute atomic E-state index is 0.134. The predicted molar refractivity (Wildman–Crippen MR) is 85.9 cm³/mol. The summed E-state index contributed by atoms with van der Waals surface area (Å²) in [6.45, 7) is 2.60. The van der Waals surface area contributed by atoms with Gasteiger partial charge in [-0.05, 0) is 25.1 Å². The fourth-order valence-electron chi connectivity index (χ4n) is 2.32. The van der Waals surface area contributed by atoms with Crippen LogP contribution < -0.4 is 5.32 Å². The van der Waals surface area contributed by atoms with Gasteiger partial charge in [-0.15, -0.1) is 0 Å². The highest BCUT2D eigenvalue weighted by molar-refractivity contribution is 5.59. The summed E-state index contributed by atoms with van der Waals surface area (Å²) in [6, 6.07) is 7.59. The SMILES string of the molecule is COC[C@H](C)Nc1ccnc(-c2cnc3ccc(C#N)cn23)n1. The van der Waals surface area contributed by atoms with Gasteiger partial charge in [0.1, 0.15) is 23.2 Å². The fourth-order valence-corrected chi connectivity index (χ4v) is 2.32. The molecule has 0 unspecified atom stereocenters. The zero-order chi connectivity index (χ0) is 16.2. The van der Waals surface area contributed by atoms with Crippen molar-refractivity contribution in [3.63, 3.8) is 0 Å². The van der Waals surface area contributed by atoms with Crippen LogP contribution in [0.2, 0.25) is 0 Å². The van der Waals surface area contributed by atoms with Crippen molar-refractivity contribution in [1.29, 1.82) is 5.26 Å². The van der Waals surface area contributed by atoms with Crippen molar-refractivity contribution in [2.45, 2.75) is 13.0 Å². The van der Waals surface area contributed by atoms with E-state index in [9.17, 15) is 0 Å². The predicted octanol–water partition coefficient (Wildman–Crippen LogP) is 2.11. The number of fused-ring (bicyclic) bond motifs is 1. The van der Waals surface area contributed by atoms with Crippen molar-refractivity contribution < 1.29 is 4.74 Å². The van der Waals surface area contributed by atoms with E-state index in [4.69, 9.17) is 10.00 Å². The van der Waals surface area contributed by atoms with E-state index in [1.165, 1.54) is 0 Å². The van der Waals surface area contributed by atoms with Gasteiger partial charge >= 0.3 is 0 Å². The number of nitrogens with one attached hydrogen (secondary N) is 1. The molecule has 0 saturated heterocycles. The van der Waals surface area contributed by atoms with E-state index in [1.54, 1.807) is 43.9 Å². The normalized spacial score (nSPS) is 12.0. The number of ether oxygens (including phenoxy) is 1. The van der Waals surface area contributed by atoms with Crippen LogP contribution in [0.4, 0.5) is 5.82 Å². The summed E-state index contributed by atoms with van der Waals surface area (Å²) in [5.41, 5.74) is 2.04. The average molecular weight is 308 g/mol. The van der Waals surface area contributed by atoms with Gasteiger partial charge in [-0.2, -0.15) is 5.26 Å². The van der Waals surface area contributed by atoms with Crippen LogP contribution in [0, 0.1) is 11.3 Å². The Morgan fingerprint density at radius 2 is 2.22 bits per heavy atom. The second kappa shape index (κ2) is 6.42. The summed E-state index contributed by atoms with van der Waals surface area (Å²) < 4.78 is 6.93. The summed E-state index contributed by atoms with van der Waals surface area (Å²) in [6.07, 6.45) is 5.13. The number of nitrogens with zero attached hydrogens (tertiary/aromatic N) is 5. The molecule has 3 heterocycles. The molecule has 7 nitrogen and oxygen atoms in total. The maximum atomic E-state index is 9.05. The molecule has 0 amide bonds. The Labute approximate surface area is 133 Å². The summed E-state index contributed by atoms with van der Waals surface area (Å²) in [5.74, 6) is 1.26. The van der Waals surface area contributed by atoms with Crippen molar-refractivity contribution in [1.82, 2.24) is 19.4 Å². The number of pyridine rings is 1. The van der Waals surface area contributed by atoms with Gasteiger partial charge in [0.15, 0.2) is 5.82 Å². The van der Waals surface area contributed by atoms with Crippen LogP contribution in [0.15, 0.2) is 36.8 Å². The quantitative estimate of drug-likeness (QED) is 0.776. The maximum Gasteiger partial charge on any atom is 0.180 e. The first-order valence-corrected chi connectivity index (χ1v) is 7.17. The molecule has 0 fully saturated rings. The Morgan fingerprint density at radius 3 is 3.00 bits per heavy atom. The molecule has 0 saturated carbocycles. The van der Waals surface area contributed by atoms with E-state index in [-0.39, 0.29) is 6.04 Å². The Hall–Kier alpha value is -2.98. The van der Waals surface area contributed by atoms with Crippen LogP contribution in [0.5, 0.6) is 0 Å². The summed E-state index contributed by atoms with van der Waals surface area (Å²) in [4.78, 5) is 13.2. The Morgan fingerprint density at radius 1 is 1.35 bits per heavy atom. The molecule has 7 heteroatoms. The topological polar surface area (TPSA) is 88.1 Å². The molecule has 3 aromatic rings. The van der Waals surface area contributed by atoms with Gasteiger partial charge in [0, 0.05) is 25.5 Å². The molecule has 0 aliphatic carbocycles. The molecule has 1 N–H and O–H groups in total. The molecule has 0 radical (unpaired) electrons. The van der Waals surface area contributed by atoms with Crippen molar-refractivity contribution in [2.75, 3.05) is 19.0 Å². The van der Waals surface area contributed by atoms with Crippen LogP contribution in [0.3, 0.4) is 0 Å². The maximum absolute atomic E-state index is 9.05. The van der Waals surface area contributed by atoms with E-state index < -0.39 is 0 Å². The van der Waals surface area contributed by atoms with E-state index in [0.717, 1.165) is 11.3 Å². The third-order valence-electron chi connectivity index (χ3n) is 3.33. The molecule has 0 aliphatic rings. The molecular weight excluding hydrogens is 292 g/mol. The number of rotatable bonds is 5. The lowest BCUT2D eigenvalue weighted by atomic mass is 10.3. The van der Waals surface area contributed by atoms with Gasteiger partial charge in [0.05, 0.1) is 18.4 Å². The highest BCUT2D eigenvalue weighted by atomic mass is 16.5. The highest BCUT2D eigenvalue weighted by Crippen LogP contribution is 2.19. The molecule has 3 aromatic heterocycles. The molecule has 0 bridgehead atoms. The van der Waals surface area contributed by atoms with Crippen LogP contribution in [-0.4, -0.2) is 39.1 Å². The van der Waals surface area contributed by atoms with Gasteiger partial charge in [-0.1, -0.05) is 0 Å². The zero-order valence-electron chi connectivity index (χ0n) is 12.9. The van der Waals surface area contributed by atoms with Crippen molar-refractivity contribution in [3.8, 4) is 17.6 Å². The molecule has 0 spiro atoms. The lowest BCUT2D eigenvalue weighted by Gasteiger charge is -2.13. The number of hydrogen-bond donors (Lipinski definition) is 1. The molecular formula is C16H16N6O. The number of anilines is 1. The molecule has 0 aromatic carbocycles. The van der Waals surface area contributed by atoms with Gasteiger partial charge in [-0.3, -0.25) is 4.40 Å². The zero-order valence-corrected chi connectivity index (χ0v) is 12.9. The molecule has 3 rings (SSSR count). The third-order valence-corrected chi connectivity index (χ3v) is 3.33. The summed E-state index contributed by atoms with van der Waals surface area (Å²) in [5, 5.41) is 12.3. The number of hydrogen-bond acceptors (Lipinski definition) is 6. The number of nitriles is 1. The lowest BCUT2D eigenvalue weighted by molar-refractivity contribution is 0.190. The van der Waals surface area contributed by atoms with Crippen LogP contribution in [0.1, 0.15) is 12.5 Å². The van der Waals surface area contributed by atoms with E-state index in [1.807, 2.05) is 11.3 Å². The fraction of sp³-hybridized carbons (Fsp3) is 0.250. The van der Waals surface area contributed by atoms with Gasteiger partial charge in [-0.25, -0.2) is 15.0 Å². The van der Waals surface area contributed by atoms with E-state index in [2.05, 4.69) is 26.3 Å². The molecule has 0 aliphatic heterocycles. The lowest BCUT2D eigenvalue weighted by Crippen LogP contribution is -2.21. The first-order valence-electron chi connectivity index (χ1n) is 7.17. The second-order valence-electron chi connectivity index (χ2n) is 5.17. The van der Waals surface area contributed by atoms with Gasteiger partial charge < -0.3 is 10.1 Å². The largest absolute Gasteiger partial charge is 0.383 e. The monoisotopic (exact) mass is 308 g/mol. The van der Waals surface area contributed by atoms with Gasteiger partial charge in [0.2, 0.25) is 0 Å². The molecule has 1 atom stereocenters. The van der Waals surface area contributed by atoms with Crippen LogP contribution >= 0.6 is 0 Å². The highest BCUT2D eigenvalue weighted by Gasteiger charge is 2.11. The Bertz CT molecular complexity index is 866.